The van der Waals surface area contributed by atoms with Crippen LogP contribution in [0.2, 0.25) is 0 Å². The monoisotopic (exact) mass is 474 g/mol. The lowest BCUT2D eigenvalue weighted by Crippen LogP contribution is -2.40. The second-order valence-corrected chi connectivity index (χ2v) is 9.37. The molecule has 6 nitrogen and oxygen atoms in total. The number of likely N-dealkylation sites (tertiary alicyclic amines) is 1. The number of aliphatic carboxylic acids is 1. The number of amides is 1. The normalized spacial score (nSPS) is 19.1. The molecule has 3 N–H and O–H groups in total. The minimum absolute atomic E-state index is 0.194. The molecule has 2 atom stereocenters. The molecular weight excluding hydrogens is 440 g/mol. The molecule has 0 bridgehead atoms. The van der Waals surface area contributed by atoms with Crippen molar-refractivity contribution in [2.24, 2.45) is 0 Å². The van der Waals surface area contributed by atoms with Crippen LogP contribution in [-0.2, 0) is 17.6 Å². The summed E-state index contributed by atoms with van der Waals surface area (Å²) in [4.78, 5) is 25.1. The van der Waals surface area contributed by atoms with Crippen molar-refractivity contribution in [3.63, 3.8) is 0 Å². The van der Waals surface area contributed by atoms with E-state index in [1.807, 2.05) is 42.5 Å². The summed E-state index contributed by atoms with van der Waals surface area (Å²) in [5, 5.41) is 24.5. The van der Waals surface area contributed by atoms with Crippen molar-refractivity contribution in [3.05, 3.63) is 77.4 Å². The number of carboxylic acids is 1. The van der Waals surface area contributed by atoms with E-state index in [1.165, 1.54) is 16.9 Å². The first-order valence-electron chi connectivity index (χ1n) is 12.5. The van der Waals surface area contributed by atoms with Gasteiger partial charge in [-0.15, -0.1) is 0 Å². The van der Waals surface area contributed by atoms with Gasteiger partial charge in [0.25, 0.3) is 5.91 Å². The van der Waals surface area contributed by atoms with Gasteiger partial charge in [-0.05, 0) is 85.2 Å². The second-order valence-electron chi connectivity index (χ2n) is 9.37. The number of benzene rings is 3. The summed E-state index contributed by atoms with van der Waals surface area (Å²) in [6, 6.07) is 19.1. The number of hydrogen-bond donors (Lipinski definition) is 3. The second kappa shape index (κ2) is 11.4. The van der Waals surface area contributed by atoms with Crippen LogP contribution in [0.4, 0.5) is 0 Å². The van der Waals surface area contributed by atoms with Crippen molar-refractivity contribution in [3.8, 4) is 5.75 Å². The average molecular weight is 475 g/mol. The first-order chi connectivity index (χ1) is 17.0. The number of nitrogens with one attached hydrogen (secondary N) is 1. The van der Waals surface area contributed by atoms with Crippen molar-refractivity contribution in [2.45, 2.75) is 57.5 Å². The lowest BCUT2D eigenvalue weighted by molar-refractivity contribution is -0.141. The highest BCUT2D eigenvalue weighted by Crippen LogP contribution is 2.28. The van der Waals surface area contributed by atoms with Gasteiger partial charge in [-0.25, -0.2) is 4.79 Å². The first kappa shape index (κ1) is 24.7. The zero-order valence-electron chi connectivity index (χ0n) is 20.2. The zero-order chi connectivity index (χ0) is 24.8. The van der Waals surface area contributed by atoms with Gasteiger partial charge in [0.2, 0.25) is 0 Å². The maximum absolute atomic E-state index is 12.5. The number of carboxylic acid groups (broad SMARTS) is 1. The molecule has 3 aromatic carbocycles. The molecule has 184 valence electrons. The van der Waals surface area contributed by atoms with Crippen LogP contribution in [0.25, 0.3) is 10.8 Å². The summed E-state index contributed by atoms with van der Waals surface area (Å²) >= 11 is 0. The van der Waals surface area contributed by atoms with E-state index in [-0.39, 0.29) is 5.91 Å². The number of aromatic hydroxyl groups is 1. The van der Waals surface area contributed by atoms with E-state index in [9.17, 15) is 14.7 Å². The molecule has 0 aromatic heterocycles. The van der Waals surface area contributed by atoms with Crippen LogP contribution >= 0.6 is 0 Å². The van der Waals surface area contributed by atoms with Crippen molar-refractivity contribution in [1.29, 1.82) is 0 Å². The summed E-state index contributed by atoms with van der Waals surface area (Å²) in [5.41, 5.74) is 3.03. The quantitative estimate of drug-likeness (QED) is 0.495. The number of phenolic OH excluding ortho intramolecular Hbond substituents is 1. The fraction of sp³-hybridized carbons (Fsp3) is 0.379. The Labute approximate surface area is 206 Å². The highest BCUT2D eigenvalue weighted by molar-refractivity contribution is 6.00. The SMILES string of the molecule is CCCN[C@H]1CCc2c(O)cccc2C1.O=C(O)[C@@H]1CCCN1C(=O)c1ccc2ccccc2c1. The van der Waals surface area contributed by atoms with Gasteiger partial charge < -0.3 is 20.4 Å². The molecule has 1 saturated heterocycles. The number of nitrogens with zero attached hydrogens (tertiary/aromatic N) is 1. The van der Waals surface area contributed by atoms with E-state index in [0.29, 0.717) is 30.3 Å². The maximum Gasteiger partial charge on any atom is 0.326 e. The predicted octanol–water partition coefficient (Wildman–Crippen LogP) is 4.78. The van der Waals surface area contributed by atoms with Gasteiger partial charge in [-0.2, -0.15) is 0 Å². The molecule has 0 radical (unpaired) electrons. The van der Waals surface area contributed by atoms with Gasteiger partial charge in [0, 0.05) is 18.2 Å². The van der Waals surface area contributed by atoms with E-state index in [0.717, 1.165) is 48.6 Å². The minimum Gasteiger partial charge on any atom is -0.508 e. The molecule has 1 aliphatic carbocycles. The molecule has 1 heterocycles. The zero-order valence-corrected chi connectivity index (χ0v) is 20.2. The maximum atomic E-state index is 12.5. The third-order valence-electron chi connectivity index (χ3n) is 6.94. The van der Waals surface area contributed by atoms with Crippen LogP contribution in [0.1, 0.15) is 54.1 Å². The highest BCUT2D eigenvalue weighted by Gasteiger charge is 2.34. The lowest BCUT2D eigenvalue weighted by Gasteiger charge is -2.25. The van der Waals surface area contributed by atoms with Crippen molar-refractivity contribution < 1.29 is 19.8 Å². The molecule has 35 heavy (non-hydrogen) atoms. The smallest absolute Gasteiger partial charge is 0.326 e. The minimum atomic E-state index is -0.920. The first-order valence-corrected chi connectivity index (χ1v) is 12.5. The number of carbonyl (C=O) groups is 2. The molecular formula is C29H34N2O4. The van der Waals surface area contributed by atoms with Crippen molar-refractivity contribution in [2.75, 3.05) is 13.1 Å². The van der Waals surface area contributed by atoms with Crippen LogP contribution in [0.15, 0.2) is 60.7 Å². The largest absolute Gasteiger partial charge is 0.508 e. The van der Waals surface area contributed by atoms with Crippen LogP contribution in [0.3, 0.4) is 0 Å². The summed E-state index contributed by atoms with van der Waals surface area (Å²) in [5.74, 6) is -0.640. The summed E-state index contributed by atoms with van der Waals surface area (Å²) in [7, 11) is 0. The van der Waals surface area contributed by atoms with Gasteiger partial charge in [-0.3, -0.25) is 4.79 Å². The third-order valence-corrected chi connectivity index (χ3v) is 6.94. The molecule has 1 aliphatic heterocycles. The molecule has 0 unspecified atom stereocenters. The lowest BCUT2D eigenvalue weighted by atomic mass is 9.87. The summed E-state index contributed by atoms with van der Waals surface area (Å²) in [6.07, 6.45) is 5.67. The Morgan fingerprint density at radius 2 is 1.83 bits per heavy atom. The molecule has 6 heteroatoms. The molecule has 0 spiro atoms. The molecule has 2 aliphatic rings. The number of rotatable bonds is 5. The van der Waals surface area contributed by atoms with Crippen molar-refractivity contribution in [1.82, 2.24) is 10.2 Å². The number of fused-ring (bicyclic) bond motifs is 2. The number of phenols is 1. The Hall–Kier alpha value is -3.38. The summed E-state index contributed by atoms with van der Waals surface area (Å²) in [6.45, 7) is 3.80. The number of carbonyl (C=O) groups excluding carboxylic acids is 1. The Morgan fingerprint density at radius 3 is 2.60 bits per heavy atom. The van der Waals surface area contributed by atoms with E-state index < -0.39 is 12.0 Å². The Kier molecular flexibility index (Phi) is 8.03. The van der Waals surface area contributed by atoms with Crippen LogP contribution in [0, 0.1) is 0 Å². The molecule has 1 fully saturated rings. The van der Waals surface area contributed by atoms with E-state index in [4.69, 9.17) is 5.11 Å². The van der Waals surface area contributed by atoms with E-state index in [2.05, 4.69) is 18.3 Å². The third kappa shape index (κ3) is 5.82. The van der Waals surface area contributed by atoms with Crippen LogP contribution in [-0.4, -0.2) is 52.2 Å². The van der Waals surface area contributed by atoms with Crippen LogP contribution < -0.4 is 5.32 Å². The molecule has 1 amide bonds. The topological polar surface area (TPSA) is 89.9 Å². The Morgan fingerprint density at radius 1 is 1.03 bits per heavy atom. The fourth-order valence-corrected chi connectivity index (χ4v) is 5.06. The fourth-order valence-electron chi connectivity index (χ4n) is 5.06. The Bertz CT molecular complexity index is 1190. The highest BCUT2D eigenvalue weighted by atomic mass is 16.4. The Balaban J connectivity index is 0.000000172. The van der Waals surface area contributed by atoms with Crippen LogP contribution in [0.5, 0.6) is 5.75 Å². The van der Waals surface area contributed by atoms with E-state index in [1.54, 1.807) is 12.1 Å². The van der Waals surface area contributed by atoms with Gasteiger partial charge in [-0.1, -0.05) is 49.4 Å². The predicted molar refractivity (Wildman–Crippen MR) is 138 cm³/mol. The standard InChI is InChI=1S/C16H15NO3.C13H19NO/c18-15(17-9-3-6-14(17)16(19)20)13-8-7-11-4-1-2-5-12(11)10-13;1-2-8-14-11-6-7-12-10(9-11)4-3-5-13(12)15/h1-2,4-5,7-8,10,14H,3,6,9H2,(H,19,20);3-5,11,14-15H,2,6-9H2,1H3/t14-;11-/m00/s1. The van der Waals surface area contributed by atoms with Gasteiger partial charge >= 0.3 is 5.97 Å². The molecule has 5 rings (SSSR count). The average Bonchev–Trinajstić information content (AvgIpc) is 3.38. The molecule has 0 saturated carbocycles. The van der Waals surface area contributed by atoms with Gasteiger partial charge in [0.15, 0.2) is 0 Å². The van der Waals surface area contributed by atoms with Gasteiger partial charge in [0.05, 0.1) is 0 Å². The molecule has 3 aromatic rings. The van der Waals surface area contributed by atoms with Crippen molar-refractivity contribution >= 4 is 22.6 Å². The number of hydrogen-bond acceptors (Lipinski definition) is 4. The van der Waals surface area contributed by atoms with Gasteiger partial charge in [0.1, 0.15) is 11.8 Å². The van der Waals surface area contributed by atoms with E-state index >= 15 is 0 Å². The summed E-state index contributed by atoms with van der Waals surface area (Å²) < 4.78 is 0.